The lowest BCUT2D eigenvalue weighted by Gasteiger charge is -2.37. The van der Waals surface area contributed by atoms with Crippen molar-refractivity contribution in [1.29, 1.82) is 0 Å². The molecule has 1 aromatic heterocycles. The minimum Gasteiger partial charge on any atom is -0.497 e. The standard InChI is InChI=1S/C22H26N4O4S/c1-16(21-23-20-10-5-4-9-19(20)22(27)24(21)2)25-11-13-26(14-12-25)31(28,29)18-8-6-7-17(15-18)30-3/h4-10,15-16H,11-14H2,1-3H3. The molecule has 0 aliphatic carbocycles. The number of para-hydroxylation sites is 1. The number of benzene rings is 2. The van der Waals surface area contributed by atoms with E-state index in [1.165, 1.54) is 11.4 Å². The van der Waals surface area contributed by atoms with E-state index in [2.05, 4.69) is 4.90 Å². The van der Waals surface area contributed by atoms with Crippen LogP contribution in [0.1, 0.15) is 18.8 Å². The number of rotatable bonds is 5. The molecule has 1 atom stereocenters. The highest BCUT2D eigenvalue weighted by atomic mass is 32.2. The van der Waals surface area contributed by atoms with Gasteiger partial charge in [-0.3, -0.25) is 14.3 Å². The SMILES string of the molecule is COc1cccc(S(=O)(=O)N2CCN(C(C)c3nc4ccccc4c(=O)n3C)CC2)c1. The molecule has 1 aliphatic heterocycles. The average molecular weight is 443 g/mol. The van der Waals surface area contributed by atoms with Crippen LogP contribution < -0.4 is 10.3 Å². The van der Waals surface area contributed by atoms with Crippen molar-refractivity contribution in [2.24, 2.45) is 7.05 Å². The van der Waals surface area contributed by atoms with E-state index in [1.807, 2.05) is 25.1 Å². The van der Waals surface area contributed by atoms with Crippen molar-refractivity contribution in [3.8, 4) is 5.75 Å². The zero-order valence-electron chi connectivity index (χ0n) is 17.9. The lowest BCUT2D eigenvalue weighted by Crippen LogP contribution is -2.49. The Morgan fingerprint density at radius 3 is 2.45 bits per heavy atom. The maximum Gasteiger partial charge on any atom is 0.261 e. The molecule has 1 saturated heterocycles. The summed E-state index contributed by atoms with van der Waals surface area (Å²) in [5, 5.41) is 0.593. The quantitative estimate of drug-likeness (QED) is 0.601. The molecule has 1 fully saturated rings. The second-order valence-electron chi connectivity index (χ2n) is 7.65. The molecule has 2 aromatic carbocycles. The van der Waals surface area contributed by atoms with E-state index in [4.69, 9.17) is 9.72 Å². The Balaban J connectivity index is 1.53. The van der Waals surface area contributed by atoms with E-state index in [-0.39, 0.29) is 16.5 Å². The van der Waals surface area contributed by atoms with Gasteiger partial charge in [0, 0.05) is 39.3 Å². The largest absolute Gasteiger partial charge is 0.497 e. The first-order valence-corrected chi connectivity index (χ1v) is 11.6. The van der Waals surface area contributed by atoms with Gasteiger partial charge >= 0.3 is 0 Å². The van der Waals surface area contributed by atoms with Gasteiger partial charge in [-0.05, 0) is 31.2 Å². The topological polar surface area (TPSA) is 84.7 Å². The number of fused-ring (bicyclic) bond motifs is 1. The molecular formula is C22H26N4O4S. The number of methoxy groups -OCH3 is 1. The Morgan fingerprint density at radius 1 is 1.03 bits per heavy atom. The van der Waals surface area contributed by atoms with E-state index in [0.29, 0.717) is 48.7 Å². The molecule has 0 bridgehead atoms. The van der Waals surface area contributed by atoms with Gasteiger partial charge < -0.3 is 4.74 Å². The summed E-state index contributed by atoms with van der Waals surface area (Å²) in [4.78, 5) is 19.8. The third-order valence-corrected chi connectivity index (χ3v) is 7.79. The number of hydrogen-bond acceptors (Lipinski definition) is 6. The molecular weight excluding hydrogens is 416 g/mol. The monoisotopic (exact) mass is 442 g/mol. The van der Waals surface area contributed by atoms with Crippen molar-refractivity contribution in [3.05, 3.63) is 64.7 Å². The molecule has 1 aliphatic rings. The van der Waals surface area contributed by atoms with Crippen LogP contribution in [0, 0.1) is 0 Å². The van der Waals surface area contributed by atoms with Gasteiger partial charge in [0.25, 0.3) is 5.56 Å². The maximum atomic E-state index is 13.0. The van der Waals surface area contributed by atoms with Crippen molar-refractivity contribution in [1.82, 2.24) is 18.8 Å². The van der Waals surface area contributed by atoms with Crippen molar-refractivity contribution in [2.45, 2.75) is 17.9 Å². The first-order valence-electron chi connectivity index (χ1n) is 10.2. The molecule has 2 heterocycles. The number of aromatic nitrogens is 2. The van der Waals surface area contributed by atoms with Crippen LogP contribution >= 0.6 is 0 Å². The van der Waals surface area contributed by atoms with Gasteiger partial charge in [0.2, 0.25) is 10.0 Å². The molecule has 0 spiro atoms. The number of hydrogen-bond donors (Lipinski definition) is 0. The maximum absolute atomic E-state index is 13.0. The minimum atomic E-state index is -3.60. The molecule has 31 heavy (non-hydrogen) atoms. The molecule has 3 aromatic rings. The van der Waals surface area contributed by atoms with E-state index in [9.17, 15) is 13.2 Å². The molecule has 8 nitrogen and oxygen atoms in total. The Hall–Kier alpha value is -2.75. The fourth-order valence-corrected chi connectivity index (χ4v) is 5.47. The number of piperazine rings is 1. The fourth-order valence-electron chi connectivity index (χ4n) is 4.01. The van der Waals surface area contributed by atoms with Gasteiger partial charge in [-0.15, -0.1) is 0 Å². The molecule has 0 radical (unpaired) electrons. The van der Waals surface area contributed by atoms with Crippen LogP contribution in [0.15, 0.2) is 58.2 Å². The summed E-state index contributed by atoms with van der Waals surface area (Å²) in [5.74, 6) is 1.18. The van der Waals surface area contributed by atoms with Crippen molar-refractivity contribution in [2.75, 3.05) is 33.3 Å². The van der Waals surface area contributed by atoms with Crippen LogP contribution in [0.25, 0.3) is 10.9 Å². The van der Waals surface area contributed by atoms with E-state index in [0.717, 1.165) is 0 Å². The normalized spacial score (nSPS) is 17.0. The Kier molecular flexibility index (Phi) is 5.83. The van der Waals surface area contributed by atoms with Crippen LogP contribution in [0.2, 0.25) is 0 Å². The molecule has 4 rings (SSSR count). The van der Waals surface area contributed by atoms with Gasteiger partial charge in [0.05, 0.1) is 29.0 Å². The van der Waals surface area contributed by atoms with Gasteiger partial charge in [-0.1, -0.05) is 18.2 Å². The van der Waals surface area contributed by atoms with Gasteiger partial charge in [0.15, 0.2) is 0 Å². The number of sulfonamides is 1. The highest BCUT2D eigenvalue weighted by Gasteiger charge is 2.31. The van der Waals surface area contributed by atoms with E-state index in [1.54, 1.807) is 41.9 Å². The average Bonchev–Trinajstić information content (AvgIpc) is 2.81. The lowest BCUT2D eigenvalue weighted by atomic mass is 10.2. The molecule has 0 saturated carbocycles. The highest BCUT2D eigenvalue weighted by Crippen LogP contribution is 2.25. The Labute approximate surface area is 181 Å². The first kappa shape index (κ1) is 21.5. The Morgan fingerprint density at radius 2 is 1.74 bits per heavy atom. The summed E-state index contributed by atoms with van der Waals surface area (Å²) in [6, 6.07) is 13.7. The van der Waals surface area contributed by atoms with Crippen LogP contribution in [0.4, 0.5) is 0 Å². The molecule has 9 heteroatoms. The fraction of sp³-hybridized carbons (Fsp3) is 0.364. The van der Waals surface area contributed by atoms with Gasteiger partial charge in [-0.25, -0.2) is 13.4 Å². The van der Waals surface area contributed by atoms with Crippen LogP contribution in [-0.2, 0) is 17.1 Å². The smallest absolute Gasteiger partial charge is 0.261 e. The van der Waals surface area contributed by atoms with Crippen LogP contribution in [0.3, 0.4) is 0 Å². The number of ether oxygens (including phenoxy) is 1. The van der Waals surface area contributed by atoms with Crippen molar-refractivity contribution >= 4 is 20.9 Å². The Bertz CT molecular complexity index is 1260. The zero-order chi connectivity index (χ0) is 22.2. The molecule has 0 N–H and O–H groups in total. The minimum absolute atomic E-state index is 0.0771. The summed E-state index contributed by atoms with van der Waals surface area (Å²) in [6.07, 6.45) is 0. The summed E-state index contributed by atoms with van der Waals surface area (Å²) in [7, 11) is -0.349. The van der Waals surface area contributed by atoms with E-state index >= 15 is 0 Å². The van der Waals surface area contributed by atoms with Gasteiger partial charge in [-0.2, -0.15) is 4.31 Å². The predicted molar refractivity (Wildman–Crippen MR) is 119 cm³/mol. The highest BCUT2D eigenvalue weighted by molar-refractivity contribution is 7.89. The second kappa shape index (κ2) is 8.41. The summed E-state index contributed by atoms with van der Waals surface area (Å²) in [5.41, 5.74) is 0.596. The third-order valence-electron chi connectivity index (χ3n) is 5.89. The van der Waals surface area contributed by atoms with E-state index < -0.39 is 10.0 Å². The van der Waals surface area contributed by atoms with Crippen LogP contribution in [-0.4, -0.2) is 60.5 Å². The van der Waals surface area contributed by atoms with Gasteiger partial charge in [0.1, 0.15) is 11.6 Å². The lowest BCUT2D eigenvalue weighted by molar-refractivity contribution is 0.139. The molecule has 0 amide bonds. The predicted octanol–water partition coefficient (Wildman–Crippen LogP) is 2.01. The van der Waals surface area contributed by atoms with Crippen molar-refractivity contribution < 1.29 is 13.2 Å². The zero-order valence-corrected chi connectivity index (χ0v) is 18.7. The van der Waals surface area contributed by atoms with Crippen molar-refractivity contribution in [3.63, 3.8) is 0 Å². The molecule has 164 valence electrons. The third kappa shape index (κ3) is 3.96. The summed E-state index contributed by atoms with van der Waals surface area (Å²) >= 11 is 0. The summed E-state index contributed by atoms with van der Waals surface area (Å²) in [6.45, 7) is 3.83. The second-order valence-corrected chi connectivity index (χ2v) is 9.58. The molecule has 1 unspecified atom stereocenters. The summed E-state index contributed by atoms with van der Waals surface area (Å²) < 4.78 is 34.3. The van der Waals surface area contributed by atoms with Crippen LogP contribution in [0.5, 0.6) is 5.75 Å². The first-order chi connectivity index (χ1) is 14.8. The number of nitrogens with zero attached hydrogens (tertiary/aromatic N) is 4.